The molecule has 1 aromatic carbocycles. The first-order valence-electron chi connectivity index (χ1n) is 4.53. The summed E-state index contributed by atoms with van der Waals surface area (Å²) >= 11 is 0. The van der Waals surface area contributed by atoms with Crippen LogP contribution in [0.15, 0.2) is 18.2 Å². The van der Waals surface area contributed by atoms with Crippen molar-refractivity contribution in [3.05, 3.63) is 34.9 Å². The minimum Gasteiger partial charge on any atom is -0.303 e. The molecule has 0 spiro atoms. The highest BCUT2D eigenvalue weighted by Gasteiger charge is 2.33. The van der Waals surface area contributed by atoms with Crippen LogP contribution in [0.1, 0.15) is 23.1 Å². The summed E-state index contributed by atoms with van der Waals surface area (Å²) in [7, 11) is 0. The molecule has 0 bridgehead atoms. The quantitative estimate of drug-likeness (QED) is 0.745. The molecule has 0 aliphatic carbocycles. The third kappa shape index (κ3) is 2.83. The number of hydrogen-bond acceptors (Lipinski definition) is 2. The molecule has 0 amide bonds. The standard InChI is InChI=1S/C11H8F3NO/c12-11(13,14)10-4-3-8(2-1-5-16)6-9(10)7-15/h3-6H,1-2H2. The van der Waals surface area contributed by atoms with Crippen molar-refractivity contribution in [2.75, 3.05) is 0 Å². The fourth-order valence-corrected chi connectivity index (χ4v) is 1.31. The van der Waals surface area contributed by atoms with Crippen molar-refractivity contribution in [1.29, 1.82) is 5.26 Å². The molecule has 0 saturated heterocycles. The van der Waals surface area contributed by atoms with Crippen molar-refractivity contribution in [3.8, 4) is 6.07 Å². The van der Waals surface area contributed by atoms with Crippen LogP contribution in [0.5, 0.6) is 0 Å². The Morgan fingerprint density at radius 1 is 1.38 bits per heavy atom. The molecule has 0 aliphatic rings. The number of benzene rings is 1. The van der Waals surface area contributed by atoms with Crippen LogP contribution < -0.4 is 0 Å². The van der Waals surface area contributed by atoms with Crippen LogP contribution in [0.4, 0.5) is 13.2 Å². The molecule has 0 radical (unpaired) electrons. The van der Waals surface area contributed by atoms with Gasteiger partial charge in [-0.25, -0.2) is 0 Å². The summed E-state index contributed by atoms with van der Waals surface area (Å²) in [5, 5.41) is 8.61. The molecule has 1 aromatic rings. The van der Waals surface area contributed by atoms with Crippen LogP contribution in [-0.4, -0.2) is 6.29 Å². The zero-order chi connectivity index (χ0) is 12.2. The van der Waals surface area contributed by atoms with E-state index in [0.29, 0.717) is 18.3 Å². The zero-order valence-electron chi connectivity index (χ0n) is 8.21. The molecule has 5 heteroatoms. The molecule has 0 saturated carbocycles. The highest BCUT2D eigenvalue weighted by atomic mass is 19.4. The van der Waals surface area contributed by atoms with Crippen molar-refractivity contribution < 1.29 is 18.0 Å². The van der Waals surface area contributed by atoms with Crippen molar-refractivity contribution in [3.63, 3.8) is 0 Å². The first-order chi connectivity index (χ1) is 7.49. The molecule has 0 unspecified atom stereocenters. The predicted molar refractivity (Wildman–Crippen MR) is 50.5 cm³/mol. The lowest BCUT2D eigenvalue weighted by Gasteiger charge is -2.09. The SMILES string of the molecule is N#Cc1cc(CCC=O)ccc1C(F)(F)F. The van der Waals surface area contributed by atoms with Gasteiger partial charge >= 0.3 is 6.18 Å². The maximum Gasteiger partial charge on any atom is 0.417 e. The number of aldehydes is 1. The average Bonchev–Trinajstić information content (AvgIpc) is 2.24. The monoisotopic (exact) mass is 227 g/mol. The normalized spacial score (nSPS) is 10.9. The highest BCUT2D eigenvalue weighted by Crippen LogP contribution is 2.32. The molecule has 0 heterocycles. The number of aryl methyl sites for hydroxylation is 1. The topological polar surface area (TPSA) is 40.9 Å². The van der Waals surface area contributed by atoms with E-state index in [4.69, 9.17) is 5.26 Å². The molecule has 16 heavy (non-hydrogen) atoms. The first kappa shape index (κ1) is 12.2. The molecule has 0 atom stereocenters. The van der Waals surface area contributed by atoms with Crippen LogP contribution in [0.2, 0.25) is 0 Å². The summed E-state index contributed by atoms with van der Waals surface area (Å²) in [4.78, 5) is 10.1. The number of carbonyl (C=O) groups is 1. The minimum absolute atomic E-state index is 0.232. The van der Waals surface area contributed by atoms with E-state index in [1.54, 1.807) is 0 Å². The van der Waals surface area contributed by atoms with Gasteiger partial charge in [0.25, 0.3) is 0 Å². The Bertz CT molecular complexity index is 432. The van der Waals surface area contributed by atoms with E-state index in [9.17, 15) is 18.0 Å². The molecular formula is C11H8F3NO. The summed E-state index contributed by atoms with van der Waals surface area (Å²) in [6.45, 7) is 0. The summed E-state index contributed by atoms with van der Waals surface area (Å²) in [5.74, 6) is 0. The van der Waals surface area contributed by atoms with E-state index in [-0.39, 0.29) is 6.42 Å². The number of halogens is 3. The lowest BCUT2D eigenvalue weighted by Crippen LogP contribution is -2.08. The van der Waals surface area contributed by atoms with Gasteiger partial charge in [-0.15, -0.1) is 0 Å². The van der Waals surface area contributed by atoms with Gasteiger partial charge in [-0.1, -0.05) is 6.07 Å². The average molecular weight is 227 g/mol. The molecular weight excluding hydrogens is 219 g/mol. The summed E-state index contributed by atoms with van der Waals surface area (Å²) in [5.41, 5.74) is -0.794. The number of rotatable bonds is 3. The Hall–Kier alpha value is -1.83. The Kier molecular flexibility index (Phi) is 3.67. The lowest BCUT2D eigenvalue weighted by atomic mass is 10.0. The second-order valence-electron chi connectivity index (χ2n) is 3.19. The highest BCUT2D eigenvalue weighted by molar-refractivity contribution is 5.50. The fourth-order valence-electron chi connectivity index (χ4n) is 1.31. The smallest absolute Gasteiger partial charge is 0.303 e. The maximum atomic E-state index is 12.4. The van der Waals surface area contributed by atoms with E-state index in [1.165, 1.54) is 18.2 Å². The molecule has 0 fully saturated rings. The summed E-state index contributed by atoms with van der Waals surface area (Å²) < 4.78 is 37.2. The number of nitrogens with zero attached hydrogens (tertiary/aromatic N) is 1. The van der Waals surface area contributed by atoms with E-state index in [1.807, 2.05) is 0 Å². The Morgan fingerprint density at radius 2 is 2.06 bits per heavy atom. The van der Waals surface area contributed by atoms with Crippen molar-refractivity contribution in [2.45, 2.75) is 19.0 Å². The van der Waals surface area contributed by atoms with E-state index in [0.717, 1.165) is 6.07 Å². The molecule has 0 aromatic heterocycles. The second-order valence-corrected chi connectivity index (χ2v) is 3.19. The van der Waals surface area contributed by atoms with Crippen molar-refractivity contribution >= 4 is 6.29 Å². The molecule has 84 valence electrons. The van der Waals surface area contributed by atoms with Crippen LogP contribution in [-0.2, 0) is 17.4 Å². The zero-order valence-corrected chi connectivity index (χ0v) is 8.21. The largest absolute Gasteiger partial charge is 0.417 e. The number of alkyl halides is 3. The van der Waals surface area contributed by atoms with Gasteiger partial charge in [0.1, 0.15) is 6.29 Å². The first-order valence-corrected chi connectivity index (χ1v) is 4.53. The molecule has 1 rings (SSSR count). The van der Waals surface area contributed by atoms with Crippen LogP contribution in [0, 0.1) is 11.3 Å². The van der Waals surface area contributed by atoms with E-state index in [2.05, 4.69) is 0 Å². The summed E-state index contributed by atoms with van der Waals surface area (Å²) in [6.07, 6.45) is -3.26. The van der Waals surface area contributed by atoms with Gasteiger partial charge in [-0.3, -0.25) is 0 Å². The molecule has 0 N–H and O–H groups in total. The van der Waals surface area contributed by atoms with Gasteiger partial charge in [-0.05, 0) is 24.1 Å². The van der Waals surface area contributed by atoms with E-state index >= 15 is 0 Å². The van der Waals surface area contributed by atoms with Gasteiger partial charge in [-0.2, -0.15) is 18.4 Å². The predicted octanol–water partition coefficient (Wildman–Crippen LogP) is 2.71. The number of carbonyl (C=O) groups excluding carboxylic acids is 1. The third-order valence-electron chi connectivity index (χ3n) is 2.06. The minimum atomic E-state index is -4.52. The van der Waals surface area contributed by atoms with Gasteiger partial charge in [0, 0.05) is 6.42 Å². The molecule has 0 aliphatic heterocycles. The van der Waals surface area contributed by atoms with Crippen LogP contribution >= 0.6 is 0 Å². The van der Waals surface area contributed by atoms with Crippen LogP contribution in [0.3, 0.4) is 0 Å². The summed E-state index contributed by atoms with van der Waals surface area (Å²) in [6, 6.07) is 4.84. The van der Waals surface area contributed by atoms with Crippen molar-refractivity contribution in [1.82, 2.24) is 0 Å². The Balaban J connectivity index is 3.08. The van der Waals surface area contributed by atoms with Crippen LogP contribution in [0.25, 0.3) is 0 Å². The third-order valence-corrected chi connectivity index (χ3v) is 2.06. The second kappa shape index (κ2) is 4.79. The van der Waals surface area contributed by atoms with Gasteiger partial charge in [0.2, 0.25) is 0 Å². The van der Waals surface area contributed by atoms with Gasteiger partial charge in [0.05, 0.1) is 17.2 Å². The Morgan fingerprint density at radius 3 is 2.56 bits per heavy atom. The van der Waals surface area contributed by atoms with Gasteiger partial charge < -0.3 is 4.79 Å². The van der Waals surface area contributed by atoms with Crippen molar-refractivity contribution in [2.24, 2.45) is 0 Å². The lowest BCUT2D eigenvalue weighted by molar-refractivity contribution is -0.137. The Labute approximate surface area is 90.3 Å². The van der Waals surface area contributed by atoms with E-state index < -0.39 is 17.3 Å². The number of nitriles is 1. The maximum absolute atomic E-state index is 12.4. The van der Waals surface area contributed by atoms with Gasteiger partial charge in [0.15, 0.2) is 0 Å². The molecule has 2 nitrogen and oxygen atoms in total. The number of hydrogen-bond donors (Lipinski definition) is 0. The fraction of sp³-hybridized carbons (Fsp3) is 0.273.